The first-order valence-corrected chi connectivity index (χ1v) is 10.2. The molecule has 30 heavy (non-hydrogen) atoms. The van der Waals surface area contributed by atoms with E-state index in [4.69, 9.17) is 16.5 Å². The van der Waals surface area contributed by atoms with Crippen LogP contribution in [-0.4, -0.2) is 29.1 Å². The number of guanidine groups is 2. The minimum atomic E-state index is -0.686. The van der Waals surface area contributed by atoms with Gasteiger partial charge in [0.25, 0.3) is 0 Å². The largest absolute Gasteiger partial charge is 0.369 e. The van der Waals surface area contributed by atoms with Crippen LogP contribution in [0.1, 0.15) is 69.5 Å². The number of nitrogens with zero attached hydrogens (tertiary/aromatic N) is 3. The molecule has 7 heteroatoms. The molecule has 5 rings (SSSR count). The molecule has 0 amide bonds. The Morgan fingerprint density at radius 2 is 1.57 bits per heavy atom. The summed E-state index contributed by atoms with van der Waals surface area (Å²) in [6.45, 7) is 1.92. The summed E-state index contributed by atoms with van der Waals surface area (Å²) in [6.07, 6.45) is 4.57. The molecule has 1 spiro atoms. The van der Waals surface area contributed by atoms with E-state index in [1.54, 1.807) is 30.3 Å². The van der Waals surface area contributed by atoms with Gasteiger partial charge in [-0.2, -0.15) is 4.99 Å². The Bertz CT molecular complexity index is 1160. The Balaban J connectivity index is 1.77. The first-order valence-electron chi connectivity index (χ1n) is 10.2. The van der Waals surface area contributed by atoms with Crippen molar-refractivity contribution in [1.82, 2.24) is 0 Å². The Hall–Kier alpha value is -3.48. The molecule has 2 aliphatic carbocycles. The number of rotatable bonds is 1. The molecule has 1 heterocycles. The van der Waals surface area contributed by atoms with Crippen molar-refractivity contribution in [2.24, 2.45) is 21.5 Å². The third-order valence-corrected chi connectivity index (χ3v) is 6.34. The van der Waals surface area contributed by atoms with Crippen LogP contribution in [0.2, 0.25) is 0 Å². The molecule has 2 aromatic rings. The summed E-state index contributed by atoms with van der Waals surface area (Å²) in [6, 6.07) is 10.5. The van der Waals surface area contributed by atoms with Gasteiger partial charge in [0, 0.05) is 16.7 Å². The molecule has 152 valence electrons. The molecule has 0 unspecified atom stereocenters. The fourth-order valence-corrected chi connectivity index (χ4v) is 5.01. The molecule has 1 saturated carbocycles. The predicted octanol–water partition coefficient (Wildman–Crippen LogP) is 2.88. The van der Waals surface area contributed by atoms with Crippen molar-refractivity contribution in [2.75, 3.05) is 4.90 Å². The van der Waals surface area contributed by atoms with Gasteiger partial charge in [-0.3, -0.25) is 14.5 Å². The van der Waals surface area contributed by atoms with Gasteiger partial charge in [0.05, 0.1) is 11.3 Å². The number of benzene rings is 2. The molecule has 3 aliphatic rings. The molecule has 0 bridgehead atoms. The van der Waals surface area contributed by atoms with E-state index in [2.05, 4.69) is 4.99 Å². The lowest BCUT2D eigenvalue weighted by molar-refractivity contribution is 0.0979. The second-order valence-electron chi connectivity index (χ2n) is 8.18. The molecule has 0 aromatic heterocycles. The summed E-state index contributed by atoms with van der Waals surface area (Å²) in [5, 5.41) is 0. The van der Waals surface area contributed by atoms with Crippen molar-refractivity contribution >= 4 is 29.2 Å². The van der Waals surface area contributed by atoms with Crippen molar-refractivity contribution in [3.63, 3.8) is 0 Å². The van der Waals surface area contributed by atoms with Crippen LogP contribution in [0.5, 0.6) is 0 Å². The number of nitrogens with two attached hydrogens (primary N) is 2. The van der Waals surface area contributed by atoms with Gasteiger partial charge in [-0.25, -0.2) is 4.99 Å². The topological polar surface area (TPSA) is 114 Å². The number of hydrogen-bond donors (Lipinski definition) is 2. The van der Waals surface area contributed by atoms with Gasteiger partial charge >= 0.3 is 0 Å². The van der Waals surface area contributed by atoms with Gasteiger partial charge in [-0.05, 0) is 44.2 Å². The summed E-state index contributed by atoms with van der Waals surface area (Å²) in [4.78, 5) is 37.6. The number of aliphatic imine (C=N–C) groups is 2. The number of anilines is 1. The second-order valence-corrected chi connectivity index (χ2v) is 8.18. The van der Waals surface area contributed by atoms with E-state index in [1.165, 1.54) is 0 Å². The minimum absolute atomic E-state index is 0.154. The van der Waals surface area contributed by atoms with Crippen LogP contribution in [0.4, 0.5) is 5.69 Å². The van der Waals surface area contributed by atoms with E-state index < -0.39 is 5.66 Å². The van der Waals surface area contributed by atoms with E-state index in [9.17, 15) is 9.59 Å². The van der Waals surface area contributed by atoms with E-state index in [0.717, 1.165) is 37.7 Å². The van der Waals surface area contributed by atoms with Crippen LogP contribution in [-0.2, 0) is 0 Å². The molecule has 1 fully saturated rings. The zero-order chi connectivity index (χ0) is 21.0. The smallest absolute Gasteiger partial charge is 0.220 e. The van der Waals surface area contributed by atoms with Gasteiger partial charge < -0.3 is 11.5 Å². The minimum Gasteiger partial charge on any atom is -0.369 e. The quantitative estimate of drug-likeness (QED) is 0.651. The first-order chi connectivity index (χ1) is 14.4. The Morgan fingerprint density at radius 3 is 2.27 bits per heavy atom. The lowest BCUT2D eigenvalue weighted by Gasteiger charge is -2.47. The highest BCUT2D eigenvalue weighted by atomic mass is 16.1. The van der Waals surface area contributed by atoms with Crippen LogP contribution < -0.4 is 16.4 Å². The van der Waals surface area contributed by atoms with Gasteiger partial charge in [-0.1, -0.05) is 36.8 Å². The SMILES string of the molecule is Cc1ccc2c(c1N1C(N)=NC(N)=NC13CCCCC3)C(=O)c1ccccc1C2=O. The summed E-state index contributed by atoms with van der Waals surface area (Å²) in [7, 11) is 0. The Kier molecular flexibility index (Phi) is 4.03. The molecule has 0 saturated heterocycles. The maximum Gasteiger partial charge on any atom is 0.220 e. The average Bonchev–Trinajstić information content (AvgIpc) is 2.73. The molecule has 4 N–H and O–H groups in total. The summed E-state index contributed by atoms with van der Waals surface area (Å²) in [5.74, 6) is 0.0238. The number of hydrogen-bond acceptors (Lipinski definition) is 7. The molecule has 0 atom stereocenters. The van der Waals surface area contributed by atoms with E-state index in [0.29, 0.717) is 27.9 Å². The standard InChI is InChI=1S/C23H23N5O2/c1-13-9-10-16-17(20(30)15-8-4-3-7-14(15)19(16)29)18(13)28-22(25)26-21(24)27-23(28)11-5-2-6-12-23/h3-4,7-10H,2,5-6,11-12H2,1H3,(H4,24,25,26,27). The van der Waals surface area contributed by atoms with Gasteiger partial charge in [-0.15, -0.1) is 0 Å². The molecule has 7 nitrogen and oxygen atoms in total. The number of carbonyl (C=O) groups is 2. The maximum absolute atomic E-state index is 13.6. The lowest BCUT2D eigenvalue weighted by Crippen LogP contribution is -2.59. The third-order valence-electron chi connectivity index (χ3n) is 6.34. The van der Waals surface area contributed by atoms with Crippen LogP contribution in [0.3, 0.4) is 0 Å². The highest BCUT2D eigenvalue weighted by molar-refractivity contribution is 6.31. The molecule has 0 radical (unpaired) electrons. The van der Waals surface area contributed by atoms with Crippen LogP contribution in [0.15, 0.2) is 46.4 Å². The fourth-order valence-electron chi connectivity index (χ4n) is 5.01. The summed E-state index contributed by atoms with van der Waals surface area (Å²) < 4.78 is 0. The third kappa shape index (κ3) is 2.51. The van der Waals surface area contributed by atoms with Gasteiger partial charge in [0.1, 0.15) is 5.66 Å². The summed E-state index contributed by atoms with van der Waals surface area (Å²) in [5.41, 5.74) is 14.8. The van der Waals surface area contributed by atoms with Crippen molar-refractivity contribution in [3.05, 3.63) is 64.2 Å². The normalized spacial score (nSPS) is 19.8. The van der Waals surface area contributed by atoms with Crippen molar-refractivity contribution in [1.29, 1.82) is 0 Å². The highest BCUT2D eigenvalue weighted by Crippen LogP contribution is 2.44. The first kappa shape index (κ1) is 18.5. The monoisotopic (exact) mass is 401 g/mol. The number of carbonyl (C=O) groups excluding carboxylic acids is 2. The molecular weight excluding hydrogens is 378 g/mol. The predicted molar refractivity (Wildman–Crippen MR) is 116 cm³/mol. The number of ketones is 2. The zero-order valence-corrected chi connectivity index (χ0v) is 16.8. The lowest BCUT2D eigenvalue weighted by atomic mass is 9.80. The fraction of sp³-hybridized carbons (Fsp3) is 0.304. The van der Waals surface area contributed by atoms with Crippen LogP contribution in [0, 0.1) is 6.92 Å². The number of fused-ring (bicyclic) bond motifs is 2. The average molecular weight is 401 g/mol. The van der Waals surface area contributed by atoms with E-state index in [1.807, 2.05) is 17.9 Å². The maximum atomic E-state index is 13.6. The Morgan fingerprint density at radius 1 is 0.900 bits per heavy atom. The van der Waals surface area contributed by atoms with Gasteiger partial charge in [0.15, 0.2) is 11.6 Å². The van der Waals surface area contributed by atoms with Crippen molar-refractivity contribution < 1.29 is 9.59 Å². The molecule has 2 aromatic carbocycles. The highest BCUT2D eigenvalue weighted by Gasteiger charge is 2.45. The molecule has 1 aliphatic heterocycles. The number of aryl methyl sites for hydroxylation is 1. The van der Waals surface area contributed by atoms with Crippen LogP contribution >= 0.6 is 0 Å². The van der Waals surface area contributed by atoms with Crippen molar-refractivity contribution in [3.8, 4) is 0 Å². The zero-order valence-electron chi connectivity index (χ0n) is 16.8. The second kappa shape index (κ2) is 6.52. The Labute approximate surface area is 174 Å². The molecular formula is C23H23N5O2. The van der Waals surface area contributed by atoms with Crippen molar-refractivity contribution in [2.45, 2.75) is 44.7 Å². The van der Waals surface area contributed by atoms with Gasteiger partial charge in [0.2, 0.25) is 11.9 Å². The summed E-state index contributed by atoms with van der Waals surface area (Å²) >= 11 is 0. The van der Waals surface area contributed by atoms with Crippen LogP contribution in [0.25, 0.3) is 0 Å². The van der Waals surface area contributed by atoms with E-state index >= 15 is 0 Å². The van der Waals surface area contributed by atoms with E-state index in [-0.39, 0.29) is 23.5 Å².